The summed E-state index contributed by atoms with van der Waals surface area (Å²) < 4.78 is 4.77. The highest BCUT2D eigenvalue weighted by molar-refractivity contribution is 5.76. The standard InChI is InChI=1S/C13H18O3/c1-3-6-10-7-5-8-11(9-10)12(14)13(15)16-4-2/h5,7-9,12,14H,3-4,6H2,1-2H3. The maximum absolute atomic E-state index is 11.3. The van der Waals surface area contributed by atoms with Crippen molar-refractivity contribution in [2.24, 2.45) is 0 Å². The molecule has 0 aromatic heterocycles. The maximum atomic E-state index is 11.3. The minimum Gasteiger partial charge on any atom is -0.464 e. The highest BCUT2D eigenvalue weighted by atomic mass is 16.5. The first kappa shape index (κ1) is 12.7. The average Bonchev–Trinajstić information content (AvgIpc) is 2.29. The van der Waals surface area contributed by atoms with Crippen molar-refractivity contribution >= 4 is 5.97 Å². The first-order chi connectivity index (χ1) is 7.69. The molecule has 0 bridgehead atoms. The zero-order valence-electron chi connectivity index (χ0n) is 9.77. The monoisotopic (exact) mass is 222 g/mol. The second-order valence-corrected chi connectivity index (χ2v) is 3.65. The van der Waals surface area contributed by atoms with Gasteiger partial charge in [0.25, 0.3) is 0 Å². The van der Waals surface area contributed by atoms with E-state index < -0.39 is 12.1 Å². The molecular formula is C13H18O3. The Hall–Kier alpha value is -1.35. The van der Waals surface area contributed by atoms with Gasteiger partial charge in [0, 0.05) is 0 Å². The smallest absolute Gasteiger partial charge is 0.339 e. The summed E-state index contributed by atoms with van der Waals surface area (Å²) in [6.07, 6.45) is 0.819. The summed E-state index contributed by atoms with van der Waals surface area (Å²) in [7, 11) is 0. The van der Waals surface area contributed by atoms with Crippen LogP contribution in [0.2, 0.25) is 0 Å². The fourth-order valence-corrected chi connectivity index (χ4v) is 1.56. The Labute approximate surface area is 96.1 Å². The Kier molecular flexibility index (Phi) is 4.99. The molecule has 3 nitrogen and oxygen atoms in total. The fraction of sp³-hybridized carbons (Fsp3) is 0.462. The largest absolute Gasteiger partial charge is 0.464 e. The van der Waals surface area contributed by atoms with Gasteiger partial charge < -0.3 is 9.84 Å². The van der Waals surface area contributed by atoms with Crippen LogP contribution in [0.15, 0.2) is 24.3 Å². The van der Waals surface area contributed by atoms with Gasteiger partial charge in [-0.2, -0.15) is 0 Å². The van der Waals surface area contributed by atoms with E-state index >= 15 is 0 Å². The van der Waals surface area contributed by atoms with Crippen molar-refractivity contribution < 1.29 is 14.6 Å². The number of benzene rings is 1. The van der Waals surface area contributed by atoms with Gasteiger partial charge in [0.15, 0.2) is 6.10 Å². The molecule has 0 saturated heterocycles. The quantitative estimate of drug-likeness (QED) is 0.777. The molecule has 1 atom stereocenters. The van der Waals surface area contributed by atoms with Crippen molar-refractivity contribution in [1.29, 1.82) is 0 Å². The molecule has 16 heavy (non-hydrogen) atoms. The number of ether oxygens (including phenoxy) is 1. The van der Waals surface area contributed by atoms with Crippen molar-refractivity contribution in [3.8, 4) is 0 Å². The number of hydrogen-bond donors (Lipinski definition) is 1. The van der Waals surface area contributed by atoms with E-state index in [2.05, 4.69) is 6.92 Å². The Morgan fingerprint density at radius 1 is 1.44 bits per heavy atom. The zero-order chi connectivity index (χ0) is 12.0. The molecule has 1 rings (SSSR count). The summed E-state index contributed by atoms with van der Waals surface area (Å²) in [6, 6.07) is 7.43. The third-order valence-corrected chi connectivity index (χ3v) is 2.32. The second-order valence-electron chi connectivity index (χ2n) is 3.65. The molecule has 0 spiro atoms. The molecule has 0 aliphatic carbocycles. The van der Waals surface area contributed by atoms with Gasteiger partial charge in [-0.05, 0) is 24.5 Å². The minimum atomic E-state index is -1.17. The molecule has 1 aromatic carbocycles. The fourth-order valence-electron chi connectivity index (χ4n) is 1.56. The van der Waals surface area contributed by atoms with Crippen LogP contribution in [-0.4, -0.2) is 17.7 Å². The number of aliphatic hydroxyl groups is 1. The number of hydrogen-bond acceptors (Lipinski definition) is 3. The zero-order valence-corrected chi connectivity index (χ0v) is 9.77. The van der Waals surface area contributed by atoms with Gasteiger partial charge in [0.1, 0.15) is 0 Å². The van der Waals surface area contributed by atoms with Crippen LogP contribution in [0, 0.1) is 0 Å². The van der Waals surface area contributed by atoms with E-state index in [1.165, 1.54) is 0 Å². The summed E-state index contributed by atoms with van der Waals surface area (Å²) in [5, 5.41) is 9.74. The SMILES string of the molecule is CCCc1cccc(C(O)C(=O)OCC)c1. The normalized spacial score (nSPS) is 12.2. The third kappa shape index (κ3) is 3.35. The highest BCUT2D eigenvalue weighted by Crippen LogP contribution is 2.16. The van der Waals surface area contributed by atoms with Crippen molar-refractivity contribution in [2.75, 3.05) is 6.61 Å². The molecule has 0 fully saturated rings. The summed E-state index contributed by atoms with van der Waals surface area (Å²) in [6.45, 7) is 4.09. The van der Waals surface area contributed by atoms with E-state index in [4.69, 9.17) is 4.74 Å². The summed E-state index contributed by atoms with van der Waals surface area (Å²) in [5.74, 6) is -0.587. The lowest BCUT2D eigenvalue weighted by atomic mass is 10.0. The van der Waals surface area contributed by atoms with Crippen molar-refractivity contribution in [3.05, 3.63) is 35.4 Å². The maximum Gasteiger partial charge on any atom is 0.339 e. The number of esters is 1. The van der Waals surface area contributed by atoms with E-state index in [1.54, 1.807) is 13.0 Å². The molecule has 0 heterocycles. The number of carbonyl (C=O) groups is 1. The first-order valence-corrected chi connectivity index (χ1v) is 5.62. The van der Waals surface area contributed by atoms with Crippen LogP contribution in [0.25, 0.3) is 0 Å². The Morgan fingerprint density at radius 2 is 2.19 bits per heavy atom. The molecule has 0 aliphatic rings. The van der Waals surface area contributed by atoms with Crippen LogP contribution in [0.3, 0.4) is 0 Å². The molecule has 1 unspecified atom stereocenters. The molecule has 0 saturated carbocycles. The van der Waals surface area contributed by atoms with E-state index in [1.807, 2.05) is 18.2 Å². The van der Waals surface area contributed by atoms with Crippen molar-refractivity contribution in [1.82, 2.24) is 0 Å². The lowest BCUT2D eigenvalue weighted by Crippen LogP contribution is -2.15. The van der Waals surface area contributed by atoms with Crippen LogP contribution in [0.1, 0.15) is 37.5 Å². The Bertz CT molecular complexity index is 347. The minimum absolute atomic E-state index is 0.282. The van der Waals surface area contributed by atoms with Gasteiger partial charge in [-0.25, -0.2) is 4.79 Å². The van der Waals surface area contributed by atoms with Crippen LogP contribution < -0.4 is 0 Å². The van der Waals surface area contributed by atoms with Gasteiger partial charge in [0.2, 0.25) is 0 Å². The van der Waals surface area contributed by atoms with E-state index in [-0.39, 0.29) is 6.61 Å². The van der Waals surface area contributed by atoms with Gasteiger partial charge in [-0.15, -0.1) is 0 Å². The molecular weight excluding hydrogens is 204 g/mol. The predicted molar refractivity (Wildman–Crippen MR) is 62.0 cm³/mol. The number of carbonyl (C=O) groups excluding carboxylic acids is 1. The summed E-state index contributed by atoms with van der Waals surface area (Å²) in [4.78, 5) is 11.3. The lowest BCUT2D eigenvalue weighted by Gasteiger charge is -2.10. The summed E-state index contributed by atoms with van der Waals surface area (Å²) >= 11 is 0. The molecule has 88 valence electrons. The van der Waals surface area contributed by atoms with Crippen LogP contribution in [0.5, 0.6) is 0 Å². The number of rotatable bonds is 5. The van der Waals surface area contributed by atoms with Crippen molar-refractivity contribution in [2.45, 2.75) is 32.8 Å². The molecule has 0 amide bonds. The number of aryl methyl sites for hydroxylation is 1. The highest BCUT2D eigenvalue weighted by Gasteiger charge is 2.18. The first-order valence-electron chi connectivity index (χ1n) is 5.62. The summed E-state index contributed by atoms with van der Waals surface area (Å²) in [5.41, 5.74) is 1.73. The van der Waals surface area contributed by atoms with Gasteiger partial charge in [-0.3, -0.25) is 0 Å². The molecule has 0 radical (unpaired) electrons. The van der Waals surface area contributed by atoms with Gasteiger partial charge in [0.05, 0.1) is 6.61 Å². The van der Waals surface area contributed by atoms with Crippen LogP contribution in [-0.2, 0) is 16.0 Å². The third-order valence-electron chi connectivity index (χ3n) is 2.32. The van der Waals surface area contributed by atoms with E-state index in [0.29, 0.717) is 5.56 Å². The molecule has 0 aliphatic heterocycles. The van der Waals surface area contributed by atoms with E-state index in [0.717, 1.165) is 18.4 Å². The van der Waals surface area contributed by atoms with Gasteiger partial charge >= 0.3 is 5.97 Å². The Morgan fingerprint density at radius 3 is 2.81 bits per heavy atom. The van der Waals surface area contributed by atoms with E-state index in [9.17, 15) is 9.90 Å². The molecule has 1 aromatic rings. The Balaban J connectivity index is 2.78. The lowest BCUT2D eigenvalue weighted by molar-refractivity contribution is -0.153. The molecule has 1 N–H and O–H groups in total. The average molecular weight is 222 g/mol. The molecule has 3 heteroatoms. The van der Waals surface area contributed by atoms with Crippen LogP contribution >= 0.6 is 0 Å². The van der Waals surface area contributed by atoms with Crippen LogP contribution in [0.4, 0.5) is 0 Å². The number of aliphatic hydroxyl groups excluding tert-OH is 1. The topological polar surface area (TPSA) is 46.5 Å². The van der Waals surface area contributed by atoms with Gasteiger partial charge in [-0.1, -0.05) is 37.6 Å². The van der Waals surface area contributed by atoms with Crippen molar-refractivity contribution in [3.63, 3.8) is 0 Å². The second kappa shape index (κ2) is 6.28. The predicted octanol–water partition coefficient (Wildman–Crippen LogP) is 2.24.